The van der Waals surface area contributed by atoms with E-state index in [0.29, 0.717) is 12.2 Å². The molecule has 0 radical (unpaired) electrons. The van der Waals surface area contributed by atoms with Gasteiger partial charge in [0.05, 0.1) is 31.1 Å². The van der Waals surface area contributed by atoms with Gasteiger partial charge in [-0.1, -0.05) is 0 Å². The number of carbonyl (C=O) groups excluding carboxylic acids is 1. The first-order valence-corrected chi connectivity index (χ1v) is 6.21. The van der Waals surface area contributed by atoms with Crippen LogP contribution in [0.25, 0.3) is 0 Å². The molecule has 0 spiro atoms. The summed E-state index contributed by atoms with van der Waals surface area (Å²) in [6.07, 6.45) is 1.58. The number of carbonyl (C=O) groups is 1. The predicted octanol–water partition coefficient (Wildman–Crippen LogP) is 1.09. The van der Waals surface area contributed by atoms with Crippen LogP contribution in [0.15, 0.2) is 18.3 Å². The van der Waals surface area contributed by atoms with Crippen LogP contribution in [0.5, 0.6) is 0 Å². The van der Waals surface area contributed by atoms with Crippen molar-refractivity contribution in [3.8, 4) is 0 Å². The van der Waals surface area contributed by atoms with Gasteiger partial charge in [-0.2, -0.15) is 0 Å². The Morgan fingerprint density at radius 3 is 2.83 bits per heavy atom. The zero-order valence-corrected chi connectivity index (χ0v) is 10.6. The maximum absolute atomic E-state index is 11.5. The minimum Gasteiger partial charge on any atom is -0.462 e. The third kappa shape index (κ3) is 3.51. The van der Waals surface area contributed by atoms with Gasteiger partial charge in [-0.05, 0) is 19.1 Å². The molecule has 2 heterocycles. The summed E-state index contributed by atoms with van der Waals surface area (Å²) in [5, 5.41) is 0. The highest BCUT2D eigenvalue weighted by atomic mass is 16.5. The average molecular weight is 250 g/mol. The monoisotopic (exact) mass is 250 g/mol. The van der Waals surface area contributed by atoms with E-state index in [4.69, 9.17) is 9.47 Å². The second kappa shape index (κ2) is 6.47. The molecule has 0 amide bonds. The van der Waals surface area contributed by atoms with Crippen LogP contribution in [0, 0.1) is 0 Å². The lowest BCUT2D eigenvalue weighted by Crippen LogP contribution is -2.35. The zero-order chi connectivity index (χ0) is 12.8. The Balaban J connectivity index is 1.92. The van der Waals surface area contributed by atoms with Crippen molar-refractivity contribution in [2.75, 3.05) is 32.9 Å². The van der Waals surface area contributed by atoms with Crippen LogP contribution in [0.4, 0.5) is 0 Å². The number of hydrogen-bond donors (Lipinski definition) is 0. The van der Waals surface area contributed by atoms with Crippen molar-refractivity contribution in [3.63, 3.8) is 0 Å². The van der Waals surface area contributed by atoms with Crippen molar-refractivity contribution in [2.45, 2.75) is 13.5 Å². The summed E-state index contributed by atoms with van der Waals surface area (Å²) in [6, 6.07) is 3.64. The van der Waals surface area contributed by atoms with Crippen LogP contribution >= 0.6 is 0 Å². The Hall–Kier alpha value is -1.46. The summed E-state index contributed by atoms with van der Waals surface area (Å²) >= 11 is 0. The van der Waals surface area contributed by atoms with Gasteiger partial charge in [-0.15, -0.1) is 0 Å². The molecular weight excluding hydrogens is 232 g/mol. The number of aromatic nitrogens is 1. The molecule has 1 aliphatic heterocycles. The molecule has 5 nitrogen and oxygen atoms in total. The van der Waals surface area contributed by atoms with Crippen molar-refractivity contribution in [1.29, 1.82) is 0 Å². The molecule has 18 heavy (non-hydrogen) atoms. The highest BCUT2D eigenvalue weighted by Gasteiger charge is 2.12. The first-order valence-electron chi connectivity index (χ1n) is 6.21. The number of nitrogens with zero attached hydrogens (tertiary/aromatic N) is 2. The molecule has 1 aromatic heterocycles. The van der Waals surface area contributed by atoms with E-state index >= 15 is 0 Å². The molecule has 0 bridgehead atoms. The van der Waals surface area contributed by atoms with E-state index in [1.165, 1.54) is 0 Å². The summed E-state index contributed by atoms with van der Waals surface area (Å²) < 4.78 is 10.2. The van der Waals surface area contributed by atoms with E-state index in [1.807, 2.05) is 6.07 Å². The number of hydrogen-bond acceptors (Lipinski definition) is 5. The van der Waals surface area contributed by atoms with Crippen LogP contribution < -0.4 is 0 Å². The summed E-state index contributed by atoms with van der Waals surface area (Å²) in [6.45, 7) is 6.39. The smallest absolute Gasteiger partial charge is 0.339 e. The fourth-order valence-corrected chi connectivity index (χ4v) is 1.84. The molecule has 0 atom stereocenters. The first kappa shape index (κ1) is 13.0. The Kier molecular flexibility index (Phi) is 4.66. The van der Waals surface area contributed by atoms with E-state index in [0.717, 1.165) is 38.5 Å². The van der Waals surface area contributed by atoms with Gasteiger partial charge in [0.1, 0.15) is 0 Å². The number of esters is 1. The van der Waals surface area contributed by atoms with Gasteiger partial charge in [0.2, 0.25) is 0 Å². The summed E-state index contributed by atoms with van der Waals surface area (Å²) in [7, 11) is 0. The zero-order valence-electron chi connectivity index (χ0n) is 10.6. The molecule has 1 aromatic rings. The molecule has 5 heteroatoms. The maximum atomic E-state index is 11.5. The molecule has 1 aliphatic rings. The molecule has 0 unspecified atom stereocenters. The Morgan fingerprint density at radius 1 is 1.44 bits per heavy atom. The number of morpholine rings is 1. The van der Waals surface area contributed by atoms with Gasteiger partial charge < -0.3 is 9.47 Å². The fraction of sp³-hybridized carbons (Fsp3) is 0.538. The Bertz CT molecular complexity index is 386. The third-order valence-corrected chi connectivity index (χ3v) is 2.83. The van der Waals surface area contributed by atoms with Gasteiger partial charge >= 0.3 is 5.97 Å². The fourth-order valence-electron chi connectivity index (χ4n) is 1.84. The predicted molar refractivity (Wildman–Crippen MR) is 66.3 cm³/mol. The van der Waals surface area contributed by atoms with Gasteiger partial charge in [-0.3, -0.25) is 9.88 Å². The number of pyridine rings is 1. The van der Waals surface area contributed by atoms with Gasteiger partial charge in [0.25, 0.3) is 0 Å². The third-order valence-electron chi connectivity index (χ3n) is 2.83. The van der Waals surface area contributed by atoms with Crippen LogP contribution in [0.2, 0.25) is 0 Å². The lowest BCUT2D eigenvalue weighted by atomic mass is 10.2. The minimum atomic E-state index is -0.317. The average Bonchev–Trinajstić information content (AvgIpc) is 2.41. The van der Waals surface area contributed by atoms with E-state index < -0.39 is 0 Å². The van der Waals surface area contributed by atoms with Crippen molar-refractivity contribution < 1.29 is 14.3 Å². The molecule has 1 saturated heterocycles. The number of ether oxygens (including phenoxy) is 2. The highest BCUT2D eigenvalue weighted by molar-refractivity contribution is 5.88. The highest BCUT2D eigenvalue weighted by Crippen LogP contribution is 2.07. The first-order chi connectivity index (χ1) is 8.79. The minimum absolute atomic E-state index is 0.317. The second-order valence-corrected chi connectivity index (χ2v) is 4.15. The standard InChI is InChI=1S/C13H18N2O3/c1-2-18-13(16)11-3-4-12(14-9-11)10-15-5-7-17-8-6-15/h3-4,9H,2,5-8,10H2,1H3. The molecule has 0 saturated carbocycles. The van der Waals surface area contributed by atoms with Crippen molar-refractivity contribution >= 4 is 5.97 Å². The van der Waals surface area contributed by atoms with Crippen LogP contribution in [0.3, 0.4) is 0 Å². The normalized spacial score (nSPS) is 16.5. The Labute approximate surface area is 107 Å². The van der Waals surface area contributed by atoms with Gasteiger partial charge in [-0.25, -0.2) is 4.79 Å². The molecule has 1 fully saturated rings. The lowest BCUT2D eigenvalue weighted by Gasteiger charge is -2.26. The number of rotatable bonds is 4. The van der Waals surface area contributed by atoms with Crippen molar-refractivity contribution in [2.24, 2.45) is 0 Å². The van der Waals surface area contributed by atoms with E-state index in [9.17, 15) is 4.79 Å². The Morgan fingerprint density at radius 2 is 2.22 bits per heavy atom. The summed E-state index contributed by atoms with van der Waals surface area (Å²) in [5.74, 6) is -0.317. The van der Waals surface area contributed by atoms with Crippen LogP contribution in [-0.4, -0.2) is 48.8 Å². The van der Waals surface area contributed by atoms with E-state index in [-0.39, 0.29) is 5.97 Å². The molecule has 98 valence electrons. The van der Waals surface area contributed by atoms with E-state index in [1.54, 1.807) is 19.2 Å². The molecule has 0 aromatic carbocycles. The van der Waals surface area contributed by atoms with Gasteiger partial charge in [0, 0.05) is 25.8 Å². The summed E-state index contributed by atoms with van der Waals surface area (Å²) in [4.78, 5) is 18.0. The molecular formula is C13H18N2O3. The second-order valence-electron chi connectivity index (χ2n) is 4.15. The quantitative estimate of drug-likeness (QED) is 0.749. The topological polar surface area (TPSA) is 51.7 Å². The maximum Gasteiger partial charge on any atom is 0.339 e. The molecule has 2 rings (SSSR count). The SMILES string of the molecule is CCOC(=O)c1ccc(CN2CCOCC2)nc1. The molecule has 0 N–H and O–H groups in total. The van der Waals surface area contributed by atoms with Gasteiger partial charge in [0.15, 0.2) is 0 Å². The molecule has 0 aliphatic carbocycles. The van der Waals surface area contributed by atoms with Crippen LogP contribution in [-0.2, 0) is 16.0 Å². The van der Waals surface area contributed by atoms with E-state index in [2.05, 4.69) is 9.88 Å². The van der Waals surface area contributed by atoms with Crippen molar-refractivity contribution in [3.05, 3.63) is 29.6 Å². The van der Waals surface area contributed by atoms with Crippen molar-refractivity contribution in [1.82, 2.24) is 9.88 Å². The largest absolute Gasteiger partial charge is 0.462 e. The summed E-state index contributed by atoms with van der Waals surface area (Å²) in [5.41, 5.74) is 1.47. The lowest BCUT2D eigenvalue weighted by molar-refractivity contribution is 0.0336. The van der Waals surface area contributed by atoms with Crippen LogP contribution in [0.1, 0.15) is 23.0 Å².